The average molecular weight is 439 g/mol. The zero-order chi connectivity index (χ0) is 21.1. The van der Waals surface area contributed by atoms with Gasteiger partial charge in [0.1, 0.15) is 5.69 Å². The molecule has 0 radical (unpaired) electrons. The Morgan fingerprint density at radius 2 is 2.03 bits per heavy atom. The molecule has 0 bridgehead atoms. The quantitative estimate of drug-likeness (QED) is 0.346. The van der Waals surface area contributed by atoms with Crippen LogP contribution in [0, 0.1) is 0 Å². The van der Waals surface area contributed by atoms with Gasteiger partial charge in [0, 0.05) is 20.9 Å². The summed E-state index contributed by atoms with van der Waals surface area (Å²) in [6.07, 6.45) is 0.309. The normalized spacial score (nSPS) is 11.2. The maximum absolute atomic E-state index is 12.4. The summed E-state index contributed by atoms with van der Waals surface area (Å²) in [5.41, 5.74) is 2.35. The van der Waals surface area contributed by atoms with E-state index in [1.165, 1.54) is 16.2 Å². The number of nitrogens with one attached hydrogen (secondary N) is 1. The lowest BCUT2D eigenvalue weighted by Gasteiger charge is -2.06. The van der Waals surface area contributed by atoms with E-state index >= 15 is 0 Å². The summed E-state index contributed by atoms with van der Waals surface area (Å²) in [4.78, 5) is 18.1. The van der Waals surface area contributed by atoms with Crippen molar-refractivity contribution in [2.45, 2.75) is 30.4 Å². The fraction of sp³-hybridized carbons (Fsp3) is 0.217. The molecule has 0 aliphatic rings. The van der Waals surface area contributed by atoms with Gasteiger partial charge in [0.15, 0.2) is 22.2 Å². The van der Waals surface area contributed by atoms with Crippen LogP contribution in [0.4, 0.5) is 5.13 Å². The number of thioether (sulfide) groups is 1. The van der Waals surface area contributed by atoms with Crippen LogP contribution < -0.4 is 10.1 Å². The highest BCUT2D eigenvalue weighted by atomic mass is 32.2. The third-order valence-electron chi connectivity index (χ3n) is 4.39. The molecule has 0 atom stereocenters. The molecule has 0 saturated heterocycles. The van der Waals surface area contributed by atoms with E-state index in [-0.39, 0.29) is 5.91 Å². The topological polar surface area (TPSA) is 64.4 Å². The van der Waals surface area contributed by atoms with Crippen molar-refractivity contribution < 1.29 is 13.9 Å². The molecule has 0 unspecified atom stereocenters. The van der Waals surface area contributed by atoms with Crippen LogP contribution in [-0.4, -0.2) is 23.3 Å². The Balaban J connectivity index is 1.42. The van der Waals surface area contributed by atoms with Crippen LogP contribution in [0.2, 0.25) is 0 Å². The van der Waals surface area contributed by atoms with Crippen LogP contribution in [0.15, 0.2) is 63.2 Å². The van der Waals surface area contributed by atoms with E-state index in [0.29, 0.717) is 39.6 Å². The highest BCUT2D eigenvalue weighted by Gasteiger charge is 2.14. The number of ether oxygens (including phenoxy) is 1. The monoisotopic (exact) mass is 438 g/mol. The largest absolute Gasteiger partial charge is 0.493 e. The highest BCUT2D eigenvalue weighted by molar-refractivity contribution is 7.99. The minimum atomic E-state index is -0.0913. The van der Waals surface area contributed by atoms with Crippen molar-refractivity contribution in [3.8, 4) is 17.2 Å². The van der Waals surface area contributed by atoms with Crippen molar-refractivity contribution in [2.75, 3.05) is 12.4 Å². The van der Waals surface area contributed by atoms with E-state index in [9.17, 15) is 4.79 Å². The summed E-state index contributed by atoms with van der Waals surface area (Å²) in [5.74, 6) is 1.23. The summed E-state index contributed by atoms with van der Waals surface area (Å²) in [6, 6.07) is 15.8. The lowest BCUT2D eigenvalue weighted by molar-refractivity contribution is -0.115. The molecule has 0 spiro atoms. The van der Waals surface area contributed by atoms with E-state index in [2.05, 4.69) is 36.3 Å². The molecule has 7 heteroatoms. The Labute approximate surface area is 183 Å². The summed E-state index contributed by atoms with van der Waals surface area (Å²) in [6.45, 7) is 4.33. The number of aromatic nitrogens is 1. The Morgan fingerprint density at radius 1 is 1.23 bits per heavy atom. The number of carbonyl (C=O) groups is 1. The average Bonchev–Trinajstić information content (AvgIpc) is 3.35. The van der Waals surface area contributed by atoms with Gasteiger partial charge in [-0.25, -0.2) is 4.98 Å². The SMILES string of the molecule is COc1cccc2cc(-c3csc(NC(=O)Cc4ccc(SC(C)C)cc4)n3)oc12. The van der Waals surface area contributed by atoms with Crippen LogP contribution in [0.5, 0.6) is 5.75 Å². The Bertz CT molecular complexity index is 1160. The summed E-state index contributed by atoms with van der Waals surface area (Å²) >= 11 is 3.18. The molecule has 1 N–H and O–H groups in total. The van der Waals surface area contributed by atoms with Gasteiger partial charge in [0.25, 0.3) is 0 Å². The van der Waals surface area contributed by atoms with Crippen molar-refractivity contribution >= 4 is 45.1 Å². The van der Waals surface area contributed by atoms with E-state index in [1.54, 1.807) is 7.11 Å². The predicted octanol–water partition coefficient (Wildman–Crippen LogP) is 6.25. The number of furan rings is 1. The molecule has 1 amide bonds. The van der Waals surface area contributed by atoms with E-state index in [0.717, 1.165) is 10.9 Å². The number of nitrogens with zero attached hydrogens (tertiary/aromatic N) is 1. The van der Waals surface area contributed by atoms with Crippen LogP contribution in [0.25, 0.3) is 22.4 Å². The van der Waals surface area contributed by atoms with Gasteiger partial charge >= 0.3 is 0 Å². The van der Waals surface area contributed by atoms with Crippen LogP contribution in [0.3, 0.4) is 0 Å². The van der Waals surface area contributed by atoms with Crippen LogP contribution in [-0.2, 0) is 11.2 Å². The fourth-order valence-corrected chi connectivity index (χ4v) is 4.63. The minimum absolute atomic E-state index is 0.0913. The summed E-state index contributed by atoms with van der Waals surface area (Å²) in [7, 11) is 1.62. The zero-order valence-electron chi connectivity index (χ0n) is 17.0. The van der Waals surface area contributed by atoms with Crippen molar-refractivity contribution in [2.24, 2.45) is 0 Å². The van der Waals surface area contributed by atoms with E-state index < -0.39 is 0 Å². The molecule has 0 saturated carbocycles. The molecule has 0 fully saturated rings. The van der Waals surface area contributed by atoms with Crippen molar-refractivity contribution in [1.82, 2.24) is 4.98 Å². The van der Waals surface area contributed by atoms with Crippen molar-refractivity contribution in [1.29, 1.82) is 0 Å². The number of benzene rings is 2. The van der Waals surface area contributed by atoms with Gasteiger partial charge in [-0.2, -0.15) is 0 Å². The Morgan fingerprint density at radius 3 is 2.77 bits per heavy atom. The first-order valence-corrected chi connectivity index (χ1v) is 11.4. The second-order valence-electron chi connectivity index (χ2n) is 7.06. The molecule has 2 aromatic carbocycles. The van der Waals surface area contributed by atoms with Crippen molar-refractivity contribution in [3.63, 3.8) is 0 Å². The zero-order valence-corrected chi connectivity index (χ0v) is 18.6. The molecule has 154 valence electrons. The Kier molecular flexibility index (Phi) is 6.11. The second kappa shape index (κ2) is 8.93. The van der Waals surface area contributed by atoms with Gasteiger partial charge in [-0.15, -0.1) is 23.1 Å². The smallest absolute Gasteiger partial charge is 0.230 e. The first-order chi connectivity index (χ1) is 14.5. The van der Waals surface area contributed by atoms with Gasteiger partial charge < -0.3 is 14.5 Å². The van der Waals surface area contributed by atoms with Crippen LogP contribution in [0.1, 0.15) is 19.4 Å². The summed E-state index contributed by atoms with van der Waals surface area (Å²) < 4.78 is 11.3. The number of amides is 1. The predicted molar refractivity (Wildman–Crippen MR) is 124 cm³/mol. The third kappa shape index (κ3) is 4.68. The minimum Gasteiger partial charge on any atom is -0.493 e. The number of carbonyl (C=O) groups excluding carboxylic acids is 1. The molecule has 2 aromatic heterocycles. The highest BCUT2D eigenvalue weighted by Crippen LogP contribution is 2.34. The maximum atomic E-state index is 12.4. The third-order valence-corrected chi connectivity index (χ3v) is 6.16. The molecule has 4 aromatic rings. The number of anilines is 1. The fourth-order valence-electron chi connectivity index (χ4n) is 3.07. The number of hydrogen-bond donors (Lipinski definition) is 1. The van der Waals surface area contributed by atoms with E-state index in [4.69, 9.17) is 9.15 Å². The van der Waals surface area contributed by atoms with Gasteiger partial charge in [-0.1, -0.05) is 38.1 Å². The first-order valence-electron chi connectivity index (χ1n) is 9.59. The maximum Gasteiger partial charge on any atom is 0.230 e. The molecule has 30 heavy (non-hydrogen) atoms. The lowest BCUT2D eigenvalue weighted by Crippen LogP contribution is -2.14. The van der Waals surface area contributed by atoms with Gasteiger partial charge in [0.05, 0.1) is 13.5 Å². The lowest BCUT2D eigenvalue weighted by atomic mass is 10.1. The Hall–Kier alpha value is -2.77. The molecule has 0 aliphatic heterocycles. The van der Waals surface area contributed by atoms with Gasteiger partial charge in [-0.05, 0) is 29.8 Å². The molecule has 5 nitrogen and oxygen atoms in total. The molecule has 4 rings (SSSR count). The molecule has 0 aliphatic carbocycles. The number of methoxy groups -OCH3 is 1. The van der Waals surface area contributed by atoms with Crippen molar-refractivity contribution in [3.05, 3.63) is 59.5 Å². The number of rotatable bonds is 7. The van der Waals surface area contributed by atoms with Gasteiger partial charge in [-0.3, -0.25) is 4.79 Å². The second-order valence-corrected chi connectivity index (χ2v) is 9.57. The summed E-state index contributed by atoms with van der Waals surface area (Å²) in [5, 5.41) is 6.78. The molecule has 2 heterocycles. The molecular formula is C23H22N2O3S2. The number of para-hydroxylation sites is 1. The number of thiazole rings is 1. The molecular weight excluding hydrogens is 416 g/mol. The number of fused-ring (bicyclic) bond motifs is 1. The van der Waals surface area contributed by atoms with E-state index in [1.807, 2.05) is 53.5 Å². The first kappa shape index (κ1) is 20.5. The van der Waals surface area contributed by atoms with Gasteiger partial charge in [0.2, 0.25) is 5.91 Å². The number of hydrogen-bond acceptors (Lipinski definition) is 6. The van der Waals surface area contributed by atoms with Crippen LogP contribution >= 0.6 is 23.1 Å². The standard InChI is InChI=1S/C23H22N2O3S2/c1-14(2)30-17-9-7-15(8-10-17)11-21(26)25-23-24-18(13-29-23)20-12-16-5-4-6-19(27-3)22(16)28-20/h4-10,12-14H,11H2,1-3H3,(H,24,25,26).